The van der Waals surface area contributed by atoms with E-state index in [4.69, 9.17) is 0 Å². The highest BCUT2D eigenvalue weighted by Gasteiger charge is 2.29. The Kier molecular flexibility index (Phi) is 4.90. The van der Waals surface area contributed by atoms with Crippen LogP contribution in [-0.2, 0) is 12.6 Å². The highest BCUT2D eigenvalue weighted by atomic mass is 19.3. The van der Waals surface area contributed by atoms with Crippen LogP contribution in [0.5, 0.6) is 0 Å². The van der Waals surface area contributed by atoms with E-state index in [1.165, 1.54) is 10.7 Å². The van der Waals surface area contributed by atoms with E-state index in [0.717, 1.165) is 12.1 Å². The van der Waals surface area contributed by atoms with Gasteiger partial charge in [0.15, 0.2) is 5.65 Å². The average molecular weight is 397 g/mol. The van der Waals surface area contributed by atoms with Gasteiger partial charge in [-0.05, 0) is 24.6 Å². The van der Waals surface area contributed by atoms with Crippen molar-refractivity contribution in [2.75, 3.05) is 19.0 Å². The van der Waals surface area contributed by atoms with Gasteiger partial charge in [0.05, 0.1) is 11.6 Å². The minimum absolute atomic E-state index is 0.00265. The normalized spacial score (nSPS) is 13.1. The molecule has 1 atom stereocenters. The molecule has 2 aromatic heterocycles. The number of alkyl halides is 3. The molecule has 0 saturated carbocycles. The number of anilines is 1. The van der Waals surface area contributed by atoms with Gasteiger partial charge >= 0.3 is 0 Å². The van der Waals surface area contributed by atoms with Crippen molar-refractivity contribution in [3.05, 3.63) is 51.2 Å². The number of halogens is 4. The van der Waals surface area contributed by atoms with Crippen molar-refractivity contribution in [2.45, 2.75) is 32.5 Å². The summed E-state index contributed by atoms with van der Waals surface area (Å²) in [5, 5.41) is 4.11. The van der Waals surface area contributed by atoms with E-state index >= 15 is 0 Å². The van der Waals surface area contributed by atoms with Crippen molar-refractivity contribution >= 4 is 17.0 Å². The summed E-state index contributed by atoms with van der Waals surface area (Å²) < 4.78 is 55.8. The van der Waals surface area contributed by atoms with Crippen molar-refractivity contribution in [2.24, 2.45) is 0 Å². The lowest BCUT2D eigenvalue weighted by Gasteiger charge is -2.17. The van der Waals surface area contributed by atoms with E-state index in [2.05, 4.69) is 15.1 Å². The summed E-state index contributed by atoms with van der Waals surface area (Å²) in [4.78, 5) is 20.8. The monoisotopic (exact) mass is 397 g/mol. The topological polar surface area (TPSA) is 66.8 Å². The molecule has 2 heterocycles. The van der Waals surface area contributed by atoms with E-state index in [0.29, 0.717) is 12.5 Å². The van der Waals surface area contributed by atoms with Crippen LogP contribution in [0.15, 0.2) is 23.0 Å². The number of aromatic nitrogens is 4. The molecule has 0 spiro atoms. The molecular formula is C18H19F4N5O. The maximum Gasteiger partial charge on any atom is 0.273 e. The lowest BCUT2D eigenvalue weighted by atomic mass is 10.0. The second kappa shape index (κ2) is 6.92. The zero-order chi connectivity index (χ0) is 20.8. The molecule has 28 heavy (non-hydrogen) atoms. The highest BCUT2D eigenvalue weighted by Crippen LogP contribution is 2.32. The Morgan fingerprint density at radius 1 is 1.32 bits per heavy atom. The smallest absolute Gasteiger partial charge is 0.273 e. The first-order valence-corrected chi connectivity index (χ1v) is 8.47. The van der Waals surface area contributed by atoms with Crippen LogP contribution in [0, 0.1) is 5.82 Å². The van der Waals surface area contributed by atoms with Crippen LogP contribution in [-0.4, -0.2) is 33.8 Å². The predicted molar refractivity (Wildman–Crippen MR) is 97.1 cm³/mol. The summed E-state index contributed by atoms with van der Waals surface area (Å²) in [6, 6.07) is 2.67. The second-order valence-electron chi connectivity index (χ2n) is 6.81. The van der Waals surface area contributed by atoms with Crippen molar-refractivity contribution in [3.63, 3.8) is 0 Å². The predicted octanol–water partition coefficient (Wildman–Crippen LogP) is 3.52. The third-order valence-corrected chi connectivity index (χ3v) is 4.49. The van der Waals surface area contributed by atoms with Gasteiger partial charge in [0, 0.05) is 21.0 Å². The number of hydrogen-bond donors (Lipinski definition) is 1. The van der Waals surface area contributed by atoms with Crippen LogP contribution in [0.25, 0.3) is 11.0 Å². The van der Waals surface area contributed by atoms with Gasteiger partial charge in [0.1, 0.15) is 23.6 Å². The molecule has 3 rings (SSSR count). The van der Waals surface area contributed by atoms with Gasteiger partial charge < -0.3 is 4.90 Å². The summed E-state index contributed by atoms with van der Waals surface area (Å²) in [6.07, 6.45) is 0. The lowest BCUT2D eigenvalue weighted by molar-refractivity contribution is 0.0137. The standard InChI is InChI=1S/C18H19F4N5O/c1-9(10-5-6-11(12(20)7-10)18(2,21)22)27-15-14(13(8-19)25-27)16(28)24-17(23-15)26(3)4/h5-7,9H,8H2,1-4H3,(H,23,24,28)/t9-/m1/s1. The Balaban J connectivity index is 2.18. The van der Waals surface area contributed by atoms with Crippen molar-refractivity contribution in [1.29, 1.82) is 0 Å². The summed E-state index contributed by atoms with van der Waals surface area (Å²) in [5.74, 6) is -4.14. The van der Waals surface area contributed by atoms with E-state index in [1.54, 1.807) is 25.9 Å². The SMILES string of the molecule is C[C@H](c1ccc(C(C)(F)F)c(F)c1)n1nc(CF)c2c(=O)[nH]c(N(C)C)nc21. The lowest BCUT2D eigenvalue weighted by Crippen LogP contribution is -2.20. The zero-order valence-corrected chi connectivity index (χ0v) is 15.7. The van der Waals surface area contributed by atoms with Crippen LogP contribution in [0.1, 0.15) is 36.7 Å². The maximum atomic E-state index is 14.2. The van der Waals surface area contributed by atoms with Gasteiger partial charge in [-0.1, -0.05) is 6.07 Å². The largest absolute Gasteiger partial charge is 0.348 e. The number of rotatable bonds is 5. The number of nitrogens with zero attached hydrogens (tertiary/aromatic N) is 4. The van der Waals surface area contributed by atoms with Crippen LogP contribution >= 0.6 is 0 Å². The summed E-state index contributed by atoms with van der Waals surface area (Å²) in [5.41, 5.74) is -0.917. The molecule has 1 N–H and O–H groups in total. The summed E-state index contributed by atoms with van der Waals surface area (Å²) >= 11 is 0. The van der Waals surface area contributed by atoms with E-state index < -0.39 is 35.6 Å². The van der Waals surface area contributed by atoms with Crippen molar-refractivity contribution in [3.8, 4) is 0 Å². The summed E-state index contributed by atoms with van der Waals surface area (Å²) in [7, 11) is 3.34. The molecule has 1 aromatic carbocycles. The van der Waals surface area contributed by atoms with Gasteiger partial charge in [-0.15, -0.1) is 0 Å². The van der Waals surface area contributed by atoms with E-state index in [1.807, 2.05) is 0 Å². The molecule has 0 fully saturated rings. The average Bonchev–Trinajstić information content (AvgIpc) is 2.99. The minimum Gasteiger partial charge on any atom is -0.348 e. The molecule has 0 aliphatic rings. The molecule has 0 saturated heterocycles. The first-order chi connectivity index (χ1) is 13.0. The summed E-state index contributed by atoms with van der Waals surface area (Å²) in [6.45, 7) is 1.25. The van der Waals surface area contributed by atoms with Gasteiger partial charge in [-0.2, -0.15) is 10.1 Å². The van der Waals surface area contributed by atoms with Crippen molar-refractivity contribution in [1.82, 2.24) is 19.7 Å². The highest BCUT2D eigenvalue weighted by molar-refractivity contribution is 5.78. The molecule has 0 amide bonds. The molecule has 6 nitrogen and oxygen atoms in total. The van der Waals surface area contributed by atoms with Gasteiger partial charge in [-0.25, -0.2) is 22.2 Å². The third kappa shape index (κ3) is 3.34. The minimum atomic E-state index is -3.32. The molecule has 0 aliphatic heterocycles. The Morgan fingerprint density at radius 2 is 2.00 bits per heavy atom. The fourth-order valence-corrected chi connectivity index (χ4v) is 2.97. The van der Waals surface area contributed by atoms with E-state index in [-0.39, 0.29) is 22.7 Å². The molecule has 0 bridgehead atoms. The second-order valence-corrected chi connectivity index (χ2v) is 6.81. The Hall–Kier alpha value is -2.91. The number of nitrogens with one attached hydrogen (secondary N) is 1. The molecular weight excluding hydrogens is 378 g/mol. The molecule has 10 heteroatoms. The van der Waals surface area contributed by atoms with Gasteiger partial charge in [-0.3, -0.25) is 9.78 Å². The fraction of sp³-hybridized carbons (Fsp3) is 0.389. The van der Waals surface area contributed by atoms with Gasteiger partial charge in [0.2, 0.25) is 5.95 Å². The number of hydrogen-bond acceptors (Lipinski definition) is 4. The number of benzene rings is 1. The third-order valence-electron chi connectivity index (χ3n) is 4.49. The molecule has 0 radical (unpaired) electrons. The van der Waals surface area contributed by atoms with Crippen LogP contribution in [0.3, 0.4) is 0 Å². The van der Waals surface area contributed by atoms with Crippen LogP contribution in [0.4, 0.5) is 23.5 Å². The first kappa shape index (κ1) is 19.8. The first-order valence-electron chi connectivity index (χ1n) is 8.47. The van der Waals surface area contributed by atoms with Crippen LogP contribution in [0.2, 0.25) is 0 Å². The van der Waals surface area contributed by atoms with E-state index in [9.17, 15) is 22.4 Å². The quantitative estimate of drug-likeness (QED) is 0.669. The number of H-pyrrole nitrogens is 1. The van der Waals surface area contributed by atoms with Crippen LogP contribution < -0.4 is 10.5 Å². The molecule has 0 unspecified atom stereocenters. The zero-order valence-electron chi connectivity index (χ0n) is 15.7. The number of aromatic amines is 1. The molecule has 3 aromatic rings. The van der Waals surface area contributed by atoms with Crippen molar-refractivity contribution < 1.29 is 17.6 Å². The Labute approximate surface area is 157 Å². The fourth-order valence-electron chi connectivity index (χ4n) is 2.97. The Morgan fingerprint density at radius 3 is 2.54 bits per heavy atom. The van der Waals surface area contributed by atoms with Gasteiger partial charge in [0.25, 0.3) is 11.5 Å². The Bertz CT molecular complexity index is 1080. The number of fused-ring (bicyclic) bond motifs is 1. The molecule has 0 aliphatic carbocycles. The molecule has 150 valence electrons. The maximum absolute atomic E-state index is 14.2.